The van der Waals surface area contributed by atoms with Crippen molar-refractivity contribution < 1.29 is 0 Å². The van der Waals surface area contributed by atoms with Gasteiger partial charge in [0.05, 0.1) is 16.4 Å². The fourth-order valence-corrected chi connectivity index (χ4v) is 2.49. The van der Waals surface area contributed by atoms with Crippen molar-refractivity contribution in [3.8, 4) is 0 Å². The highest BCUT2D eigenvalue weighted by atomic mass is 35.5. The average Bonchev–Trinajstić information content (AvgIpc) is 2.64. The maximum atomic E-state index is 6.14. The highest BCUT2D eigenvalue weighted by molar-refractivity contribution is 7.13. The summed E-state index contributed by atoms with van der Waals surface area (Å²) >= 11 is 7.73. The van der Waals surface area contributed by atoms with Gasteiger partial charge in [-0.05, 0) is 25.1 Å². The van der Waals surface area contributed by atoms with Crippen LogP contribution in [0.15, 0.2) is 23.6 Å². The summed E-state index contributed by atoms with van der Waals surface area (Å²) in [6.45, 7) is 1.97. The van der Waals surface area contributed by atoms with E-state index in [1.54, 1.807) is 17.4 Å². The Morgan fingerprint density at radius 2 is 2.19 bits per heavy atom. The minimum Gasteiger partial charge on any atom is -0.399 e. The van der Waals surface area contributed by atoms with Gasteiger partial charge < -0.3 is 10.6 Å². The quantitative estimate of drug-likeness (QED) is 0.834. The number of nitrogens with zero attached hydrogens (tertiary/aromatic N) is 2. The van der Waals surface area contributed by atoms with Crippen LogP contribution in [0.5, 0.6) is 0 Å². The molecule has 2 rings (SSSR count). The molecule has 1 aromatic carbocycles. The second-order valence-electron chi connectivity index (χ2n) is 3.54. The zero-order chi connectivity index (χ0) is 11.7. The minimum absolute atomic E-state index is 0.635. The zero-order valence-corrected chi connectivity index (χ0v) is 10.6. The Kier molecular flexibility index (Phi) is 3.03. The molecule has 0 saturated carbocycles. The Morgan fingerprint density at radius 3 is 2.75 bits per heavy atom. The number of nitrogens with two attached hydrogens (primary N) is 1. The minimum atomic E-state index is 0.635. The summed E-state index contributed by atoms with van der Waals surface area (Å²) < 4.78 is 0. The van der Waals surface area contributed by atoms with E-state index in [2.05, 4.69) is 4.98 Å². The molecular formula is C11H12ClN3S. The highest BCUT2D eigenvalue weighted by Gasteiger charge is 2.11. The Hall–Kier alpha value is -1.26. The number of rotatable bonds is 2. The summed E-state index contributed by atoms with van der Waals surface area (Å²) in [4.78, 5) is 6.36. The normalized spacial score (nSPS) is 10.4. The molecule has 0 spiro atoms. The molecular weight excluding hydrogens is 242 g/mol. The van der Waals surface area contributed by atoms with Crippen LogP contribution >= 0.6 is 22.9 Å². The smallest absolute Gasteiger partial charge is 0.189 e. The van der Waals surface area contributed by atoms with Crippen molar-refractivity contribution in [2.75, 3.05) is 17.7 Å². The van der Waals surface area contributed by atoms with Gasteiger partial charge in [0.1, 0.15) is 0 Å². The van der Waals surface area contributed by atoms with E-state index in [0.29, 0.717) is 10.7 Å². The van der Waals surface area contributed by atoms with Crippen LogP contribution in [0.4, 0.5) is 16.5 Å². The van der Waals surface area contributed by atoms with Gasteiger partial charge in [-0.1, -0.05) is 11.6 Å². The number of aromatic nitrogens is 1. The van der Waals surface area contributed by atoms with Crippen molar-refractivity contribution in [3.05, 3.63) is 34.3 Å². The van der Waals surface area contributed by atoms with Gasteiger partial charge in [0, 0.05) is 18.1 Å². The number of thiazole rings is 1. The molecule has 0 amide bonds. The number of benzene rings is 1. The third kappa shape index (κ3) is 2.13. The Balaban J connectivity index is 2.37. The lowest BCUT2D eigenvalue weighted by Crippen LogP contribution is -2.09. The number of hydrogen-bond donors (Lipinski definition) is 1. The van der Waals surface area contributed by atoms with Gasteiger partial charge in [0.25, 0.3) is 0 Å². The molecule has 3 nitrogen and oxygen atoms in total. The lowest BCUT2D eigenvalue weighted by molar-refractivity contribution is 1.14. The predicted octanol–water partition coefficient (Wildman–Crippen LogP) is 3.46. The first-order chi connectivity index (χ1) is 7.58. The molecule has 0 aliphatic heterocycles. The highest BCUT2D eigenvalue weighted by Crippen LogP contribution is 2.33. The van der Waals surface area contributed by atoms with E-state index in [9.17, 15) is 0 Å². The molecule has 0 saturated heterocycles. The maximum absolute atomic E-state index is 6.14. The molecule has 0 bridgehead atoms. The third-order valence-corrected chi connectivity index (χ3v) is 3.56. The number of halogens is 1. The fraction of sp³-hybridized carbons (Fsp3) is 0.182. The van der Waals surface area contributed by atoms with Crippen molar-refractivity contribution in [1.82, 2.24) is 4.98 Å². The van der Waals surface area contributed by atoms with E-state index < -0.39 is 0 Å². The topological polar surface area (TPSA) is 42.1 Å². The van der Waals surface area contributed by atoms with Crippen LogP contribution in [-0.4, -0.2) is 12.0 Å². The van der Waals surface area contributed by atoms with Crippen LogP contribution in [0.25, 0.3) is 0 Å². The summed E-state index contributed by atoms with van der Waals surface area (Å²) in [5, 5.41) is 3.57. The van der Waals surface area contributed by atoms with Gasteiger partial charge in [0.2, 0.25) is 0 Å². The molecule has 2 N–H and O–H groups in total. The van der Waals surface area contributed by atoms with Crippen molar-refractivity contribution in [2.24, 2.45) is 0 Å². The van der Waals surface area contributed by atoms with Crippen molar-refractivity contribution >= 4 is 39.4 Å². The van der Waals surface area contributed by atoms with E-state index in [-0.39, 0.29) is 0 Å². The van der Waals surface area contributed by atoms with Crippen LogP contribution in [-0.2, 0) is 0 Å². The van der Waals surface area contributed by atoms with E-state index in [4.69, 9.17) is 17.3 Å². The Morgan fingerprint density at radius 1 is 1.44 bits per heavy atom. The summed E-state index contributed by atoms with van der Waals surface area (Å²) in [6, 6.07) is 5.47. The van der Waals surface area contributed by atoms with Gasteiger partial charge in [0.15, 0.2) is 5.13 Å². The lowest BCUT2D eigenvalue weighted by Gasteiger charge is -2.17. The first-order valence-corrected chi connectivity index (χ1v) is 6.04. The van der Waals surface area contributed by atoms with E-state index in [0.717, 1.165) is 16.5 Å². The lowest BCUT2D eigenvalue weighted by atomic mass is 10.3. The largest absolute Gasteiger partial charge is 0.399 e. The summed E-state index contributed by atoms with van der Waals surface area (Å²) in [6.07, 6.45) is 0. The molecule has 0 atom stereocenters. The number of nitrogen functional groups attached to an aromatic ring is 1. The van der Waals surface area contributed by atoms with Gasteiger partial charge in [-0.25, -0.2) is 4.98 Å². The van der Waals surface area contributed by atoms with Gasteiger partial charge >= 0.3 is 0 Å². The molecule has 5 heteroatoms. The predicted molar refractivity (Wildman–Crippen MR) is 70.8 cm³/mol. The molecule has 1 aromatic heterocycles. The van der Waals surface area contributed by atoms with Crippen molar-refractivity contribution in [1.29, 1.82) is 0 Å². The van der Waals surface area contributed by atoms with Crippen molar-refractivity contribution in [3.63, 3.8) is 0 Å². The molecule has 0 aliphatic carbocycles. The van der Waals surface area contributed by atoms with E-state index in [1.807, 2.05) is 36.4 Å². The van der Waals surface area contributed by atoms with Gasteiger partial charge in [-0.2, -0.15) is 0 Å². The number of aryl methyl sites for hydroxylation is 1. The monoisotopic (exact) mass is 253 g/mol. The summed E-state index contributed by atoms with van der Waals surface area (Å²) in [5.74, 6) is 0. The number of hydrogen-bond acceptors (Lipinski definition) is 4. The standard InChI is InChI=1S/C11H12ClN3S/c1-7-6-16-11(14-7)15(2)10-4-3-8(13)5-9(10)12/h3-6H,13H2,1-2H3. The molecule has 1 heterocycles. The van der Waals surface area contributed by atoms with Crippen molar-refractivity contribution in [2.45, 2.75) is 6.92 Å². The first kappa shape index (κ1) is 11.2. The molecule has 0 fully saturated rings. The molecule has 0 aliphatic rings. The van der Waals surface area contributed by atoms with Gasteiger partial charge in [-0.15, -0.1) is 11.3 Å². The summed E-state index contributed by atoms with van der Waals surface area (Å²) in [5.41, 5.74) is 8.24. The van der Waals surface area contributed by atoms with E-state index >= 15 is 0 Å². The molecule has 2 aromatic rings. The Bertz CT molecular complexity index is 510. The second kappa shape index (κ2) is 4.31. The molecule has 84 valence electrons. The van der Waals surface area contributed by atoms with E-state index in [1.165, 1.54) is 0 Å². The van der Waals surface area contributed by atoms with Crippen LogP contribution < -0.4 is 10.6 Å². The fourth-order valence-electron chi connectivity index (χ4n) is 1.39. The maximum Gasteiger partial charge on any atom is 0.189 e. The average molecular weight is 254 g/mol. The van der Waals surface area contributed by atoms with Crippen LogP contribution in [0, 0.1) is 6.92 Å². The molecule has 16 heavy (non-hydrogen) atoms. The first-order valence-electron chi connectivity index (χ1n) is 4.79. The van der Waals surface area contributed by atoms with Crippen LogP contribution in [0.2, 0.25) is 5.02 Å². The van der Waals surface area contributed by atoms with Crippen LogP contribution in [0.1, 0.15) is 5.69 Å². The third-order valence-electron chi connectivity index (χ3n) is 2.23. The zero-order valence-electron chi connectivity index (χ0n) is 9.07. The molecule has 0 radical (unpaired) electrons. The van der Waals surface area contributed by atoms with Crippen LogP contribution in [0.3, 0.4) is 0 Å². The Labute approximate surface area is 103 Å². The second-order valence-corrected chi connectivity index (χ2v) is 4.79. The molecule has 0 unspecified atom stereocenters. The SMILES string of the molecule is Cc1csc(N(C)c2ccc(N)cc2Cl)n1. The number of anilines is 3. The van der Waals surface area contributed by atoms with Gasteiger partial charge in [-0.3, -0.25) is 0 Å². The summed E-state index contributed by atoms with van der Waals surface area (Å²) in [7, 11) is 1.94.